The van der Waals surface area contributed by atoms with E-state index in [1.165, 1.54) is 0 Å². The lowest BCUT2D eigenvalue weighted by molar-refractivity contribution is 0.0976. The molecule has 2 aromatic carbocycles. The van der Waals surface area contributed by atoms with Crippen molar-refractivity contribution in [2.45, 2.75) is 33.7 Å². The third kappa shape index (κ3) is 4.44. The summed E-state index contributed by atoms with van der Waals surface area (Å²) in [6, 6.07) is 13.1. The fourth-order valence-corrected chi connectivity index (χ4v) is 3.61. The lowest BCUT2D eigenvalue weighted by atomic mass is 10.1. The molecule has 166 valence electrons. The Morgan fingerprint density at radius 2 is 1.94 bits per heavy atom. The molecule has 3 aromatic rings. The first-order valence-corrected chi connectivity index (χ1v) is 10.6. The number of ether oxygens (including phenoxy) is 2. The molecule has 2 heterocycles. The van der Waals surface area contributed by atoms with Crippen LogP contribution < -0.4 is 20.1 Å². The van der Waals surface area contributed by atoms with Gasteiger partial charge in [-0.1, -0.05) is 25.1 Å². The maximum atomic E-state index is 13.0. The van der Waals surface area contributed by atoms with Crippen LogP contribution in [0, 0.1) is 13.8 Å². The third-order valence-corrected chi connectivity index (χ3v) is 5.57. The monoisotopic (exact) mass is 433 g/mol. The lowest BCUT2D eigenvalue weighted by Gasteiger charge is -2.15. The van der Waals surface area contributed by atoms with Crippen LogP contribution in [0.4, 0.5) is 5.69 Å². The Morgan fingerprint density at radius 3 is 2.69 bits per heavy atom. The molecule has 0 saturated carbocycles. The minimum Gasteiger partial charge on any atom is -0.454 e. The number of hydrogen-bond acceptors (Lipinski definition) is 5. The van der Waals surface area contributed by atoms with Gasteiger partial charge in [-0.05, 0) is 50.1 Å². The van der Waals surface area contributed by atoms with Crippen LogP contribution in [0.1, 0.15) is 39.8 Å². The van der Waals surface area contributed by atoms with E-state index in [-0.39, 0.29) is 12.7 Å². The summed E-state index contributed by atoms with van der Waals surface area (Å²) in [7, 11) is 1.91. The molecule has 0 saturated heterocycles. The van der Waals surface area contributed by atoms with Crippen LogP contribution in [0.5, 0.6) is 11.5 Å². The Balaban J connectivity index is 1.61. The number of fused-ring (bicyclic) bond motifs is 1. The van der Waals surface area contributed by atoms with Gasteiger partial charge in [0.25, 0.3) is 5.91 Å². The SMILES string of the molecule is CCc1ccccc1NC(=NCc1c(C)nn(C)c1C)NC(=O)c1ccc2c(c1)OCO2. The molecular weight excluding hydrogens is 406 g/mol. The summed E-state index contributed by atoms with van der Waals surface area (Å²) < 4.78 is 12.6. The first-order chi connectivity index (χ1) is 15.5. The van der Waals surface area contributed by atoms with Gasteiger partial charge in [-0.25, -0.2) is 4.99 Å². The molecular formula is C24H27N5O3. The second-order valence-corrected chi connectivity index (χ2v) is 7.60. The van der Waals surface area contributed by atoms with E-state index >= 15 is 0 Å². The molecule has 1 aliphatic rings. The van der Waals surface area contributed by atoms with Gasteiger partial charge in [-0.15, -0.1) is 0 Å². The highest BCUT2D eigenvalue weighted by atomic mass is 16.7. The van der Waals surface area contributed by atoms with Crippen molar-refractivity contribution in [1.82, 2.24) is 15.1 Å². The molecule has 0 aliphatic carbocycles. The van der Waals surface area contributed by atoms with Gasteiger partial charge in [-0.2, -0.15) is 5.10 Å². The number of carbonyl (C=O) groups excluding carboxylic acids is 1. The Kier molecular flexibility index (Phi) is 6.11. The van der Waals surface area contributed by atoms with E-state index in [2.05, 4.69) is 28.7 Å². The number of hydrogen-bond donors (Lipinski definition) is 2. The zero-order valence-electron chi connectivity index (χ0n) is 18.7. The van der Waals surface area contributed by atoms with Crippen molar-refractivity contribution in [1.29, 1.82) is 0 Å². The standard InChI is InChI=1S/C24H27N5O3/c1-5-17-8-6-7-9-20(17)26-24(25-13-19-15(2)28-29(4)16(19)3)27-23(30)18-10-11-21-22(12-18)32-14-31-21/h6-12H,5,13-14H2,1-4H3,(H2,25,26,27,30). The van der Waals surface area contributed by atoms with Gasteiger partial charge in [0.05, 0.1) is 12.2 Å². The van der Waals surface area contributed by atoms with Gasteiger partial charge >= 0.3 is 0 Å². The second-order valence-electron chi connectivity index (χ2n) is 7.60. The fraction of sp³-hybridized carbons (Fsp3) is 0.292. The summed E-state index contributed by atoms with van der Waals surface area (Å²) >= 11 is 0. The molecule has 8 nitrogen and oxygen atoms in total. The predicted octanol–water partition coefficient (Wildman–Crippen LogP) is 3.73. The number of guanidine groups is 1. The highest BCUT2D eigenvalue weighted by Crippen LogP contribution is 2.32. The summed E-state index contributed by atoms with van der Waals surface area (Å²) in [5.41, 5.74) is 5.49. The lowest BCUT2D eigenvalue weighted by Crippen LogP contribution is -2.36. The molecule has 1 aliphatic heterocycles. The molecule has 0 atom stereocenters. The first-order valence-electron chi connectivity index (χ1n) is 10.6. The second kappa shape index (κ2) is 9.13. The van der Waals surface area contributed by atoms with Crippen molar-refractivity contribution in [2.24, 2.45) is 12.0 Å². The molecule has 1 aromatic heterocycles. The normalized spacial score (nSPS) is 12.7. The van der Waals surface area contributed by atoms with Crippen LogP contribution in [0.15, 0.2) is 47.5 Å². The maximum Gasteiger partial charge on any atom is 0.258 e. The van der Waals surface area contributed by atoms with E-state index in [1.54, 1.807) is 18.2 Å². The van der Waals surface area contributed by atoms with E-state index in [1.807, 2.05) is 43.8 Å². The van der Waals surface area contributed by atoms with Crippen molar-refractivity contribution in [2.75, 3.05) is 12.1 Å². The molecule has 0 radical (unpaired) electrons. The largest absolute Gasteiger partial charge is 0.454 e. The smallest absolute Gasteiger partial charge is 0.258 e. The van der Waals surface area contributed by atoms with Crippen molar-refractivity contribution >= 4 is 17.6 Å². The summed E-state index contributed by atoms with van der Waals surface area (Å²) in [6.07, 6.45) is 0.855. The zero-order chi connectivity index (χ0) is 22.7. The van der Waals surface area contributed by atoms with Crippen LogP contribution in [0.2, 0.25) is 0 Å². The highest BCUT2D eigenvalue weighted by molar-refractivity contribution is 6.10. The summed E-state index contributed by atoms with van der Waals surface area (Å²) in [5.74, 6) is 1.27. The molecule has 0 fully saturated rings. The number of aliphatic imine (C=N–C) groups is 1. The summed E-state index contributed by atoms with van der Waals surface area (Å²) in [6.45, 7) is 6.61. The Bertz CT molecular complexity index is 1180. The van der Waals surface area contributed by atoms with E-state index in [9.17, 15) is 4.79 Å². The topological polar surface area (TPSA) is 89.8 Å². The van der Waals surface area contributed by atoms with E-state index < -0.39 is 0 Å². The Hall–Kier alpha value is -3.81. The molecule has 0 unspecified atom stereocenters. The number of benzene rings is 2. The van der Waals surface area contributed by atoms with Crippen LogP contribution in [0.3, 0.4) is 0 Å². The minimum atomic E-state index is -0.289. The Morgan fingerprint density at radius 1 is 1.16 bits per heavy atom. The van der Waals surface area contributed by atoms with Crippen molar-refractivity contribution < 1.29 is 14.3 Å². The predicted molar refractivity (Wildman–Crippen MR) is 123 cm³/mol. The van der Waals surface area contributed by atoms with Crippen LogP contribution >= 0.6 is 0 Å². The van der Waals surface area contributed by atoms with Gasteiger partial charge in [-0.3, -0.25) is 14.8 Å². The van der Waals surface area contributed by atoms with Crippen LogP contribution in [-0.4, -0.2) is 28.4 Å². The fourth-order valence-electron chi connectivity index (χ4n) is 3.61. The molecule has 8 heteroatoms. The van der Waals surface area contributed by atoms with Crippen molar-refractivity contribution in [3.8, 4) is 11.5 Å². The third-order valence-electron chi connectivity index (χ3n) is 5.57. The van der Waals surface area contributed by atoms with E-state index in [4.69, 9.17) is 14.5 Å². The van der Waals surface area contributed by atoms with Gasteiger partial charge in [0.2, 0.25) is 12.8 Å². The number of anilines is 1. The maximum absolute atomic E-state index is 13.0. The molecule has 2 N–H and O–H groups in total. The number of aromatic nitrogens is 2. The number of nitrogens with one attached hydrogen (secondary N) is 2. The van der Waals surface area contributed by atoms with Crippen LogP contribution in [0.25, 0.3) is 0 Å². The number of carbonyl (C=O) groups is 1. The first kappa shape index (κ1) is 21.4. The molecule has 0 bridgehead atoms. The van der Waals surface area contributed by atoms with E-state index in [0.29, 0.717) is 29.6 Å². The average Bonchev–Trinajstić information content (AvgIpc) is 3.35. The van der Waals surface area contributed by atoms with Gasteiger partial charge in [0.1, 0.15) is 0 Å². The average molecular weight is 434 g/mol. The van der Waals surface area contributed by atoms with Crippen LogP contribution in [-0.2, 0) is 20.0 Å². The number of para-hydroxylation sites is 1. The number of rotatable bonds is 5. The molecule has 1 amide bonds. The number of nitrogens with zero attached hydrogens (tertiary/aromatic N) is 3. The molecule has 32 heavy (non-hydrogen) atoms. The van der Waals surface area contributed by atoms with Gasteiger partial charge in [0, 0.05) is 29.6 Å². The van der Waals surface area contributed by atoms with Gasteiger partial charge in [0.15, 0.2) is 11.5 Å². The molecule has 4 rings (SSSR count). The zero-order valence-corrected chi connectivity index (χ0v) is 18.7. The quantitative estimate of drug-likeness (QED) is 0.473. The highest BCUT2D eigenvalue weighted by Gasteiger charge is 2.18. The number of aryl methyl sites for hydroxylation is 3. The minimum absolute atomic E-state index is 0.159. The van der Waals surface area contributed by atoms with Crippen molar-refractivity contribution in [3.05, 3.63) is 70.5 Å². The molecule has 0 spiro atoms. The Labute approximate surface area is 187 Å². The van der Waals surface area contributed by atoms with Gasteiger partial charge < -0.3 is 14.8 Å². The number of amides is 1. The summed E-state index contributed by atoms with van der Waals surface area (Å²) in [5, 5.41) is 10.7. The van der Waals surface area contributed by atoms with Crippen molar-refractivity contribution in [3.63, 3.8) is 0 Å². The summed E-state index contributed by atoms with van der Waals surface area (Å²) in [4.78, 5) is 17.7. The van der Waals surface area contributed by atoms with E-state index in [0.717, 1.165) is 34.6 Å².